The van der Waals surface area contributed by atoms with Crippen LogP contribution in [0, 0.1) is 6.92 Å². The molecule has 1 heterocycles. The highest BCUT2D eigenvalue weighted by atomic mass is 16.5. The van der Waals surface area contributed by atoms with Crippen LogP contribution in [0.2, 0.25) is 0 Å². The smallest absolute Gasteiger partial charge is 0.338 e. The van der Waals surface area contributed by atoms with Crippen LogP contribution in [0.3, 0.4) is 0 Å². The van der Waals surface area contributed by atoms with E-state index in [2.05, 4.69) is 0 Å². The molecule has 0 bridgehead atoms. The summed E-state index contributed by atoms with van der Waals surface area (Å²) in [5, 5.41) is 0.839. The molecule has 1 aromatic carbocycles. The van der Waals surface area contributed by atoms with Crippen LogP contribution in [0.25, 0.3) is 10.9 Å². The van der Waals surface area contributed by atoms with Crippen molar-refractivity contribution in [2.45, 2.75) is 33.2 Å². The first-order valence-corrected chi connectivity index (χ1v) is 7.33. The summed E-state index contributed by atoms with van der Waals surface area (Å²) < 4.78 is 6.54. The highest BCUT2D eigenvalue weighted by Gasteiger charge is 2.12. The number of carbonyl (C=O) groups excluding carboxylic acids is 2. The maximum Gasteiger partial charge on any atom is 0.338 e. The van der Waals surface area contributed by atoms with Gasteiger partial charge >= 0.3 is 5.97 Å². The number of hydrogen-bond acceptors (Lipinski definition) is 4. The predicted octanol–water partition coefficient (Wildman–Crippen LogP) is 2.47. The Morgan fingerprint density at radius 2 is 2.09 bits per heavy atom. The number of hydrogen-bond donors (Lipinski definition) is 0. The van der Waals surface area contributed by atoms with Crippen molar-refractivity contribution in [3.8, 4) is 0 Å². The number of pyridine rings is 1. The van der Waals surface area contributed by atoms with Crippen LogP contribution >= 0.6 is 0 Å². The van der Waals surface area contributed by atoms with E-state index >= 15 is 0 Å². The number of benzene rings is 1. The summed E-state index contributed by atoms with van der Waals surface area (Å²) in [7, 11) is 0. The van der Waals surface area contributed by atoms with Gasteiger partial charge < -0.3 is 14.1 Å². The zero-order valence-corrected chi connectivity index (χ0v) is 12.8. The molecule has 0 aliphatic rings. The molecule has 5 nitrogen and oxygen atoms in total. The summed E-state index contributed by atoms with van der Waals surface area (Å²) in [6.07, 6.45) is 2.43. The largest absolute Gasteiger partial charge is 0.462 e. The number of ether oxygens (including phenoxy) is 1. The van der Waals surface area contributed by atoms with Crippen molar-refractivity contribution >= 4 is 23.2 Å². The molecule has 0 fully saturated rings. The molecule has 0 atom stereocenters. The van der Waals surface area contributed by atoms with Gasteiger partial charge in [0.2, 0.25) is 0 Å². The summed E-state index contributed by atoms with van der Waals surface area (Å²) in [4.78, 5) is 34.8. The van der Waals surface area contributed by atoms with Crippen molar-refractivity contribution in [1.82, 2.24) is 4.57 Å². The van der Waals surface area contributed by atoms with E-state index in [1.165, 1.54) is 10.6 Å². The van der Waals surface area contributed by atoms with Gasteiger partial charge in [-0.25, -0.2) is 4.79 Å². The third-order valence-electron chi connectivity index (χ3n) is 3.54. The Kier molecular flexibility index (Phi) is 5.09. The van der Waals surface area contributed by atoms with Gasteiger partial charge in [0, 0.05) is 11.5 Å². The quantitative estimate of drug-likeness (QED) is 0.467. The van der Waals surface area contributed by atoms with Crippen molar-refractivity contribution < 1.29 is 14.3 Å². The van der Waals surface area contributed by atoms with Crippen LogP contribution in [0.1, 0.15) is 35.7 Å². The SMILES string of the molecule is CCCCOC(=O)c1ccc2c(C)cc(=O)n(CC=O)c2c1. The first-order chi connectivity index (χ1) is 10.6. The molecule has 0 spiro atoms. The number of aryl methyl sites for hydroxylation is 1. The number of fused-ring (bicyclic) bond motifs is 1. The van der Waals surface area contributed by atoms with Gasteiger partial charge in [-0.3, -0.25) is 4.79 Å². The monoisotopic (exact) mass is 301 g/mol. The lowest BCUT2D eigenvalue weighted by Crippen LogP contribution is -2.21. The maximum absolute atomic E-state index is 12.0. The van der Waals surface area contributed by atoms with E-state index in [-0.39, 0.29) is 12.1 Å². The third kappa shape index (κ3) is 3.24. The van der Waals surface area contributed by atoms with Gasteiger partial charge in [0.15, 0.2) is 0 Å². The maximum atomic E-state index is 12.0. The summed E-state index contributed by atoms with van der Waals surface area (Å²) in [5.41, 5.74) is 1.51. The van der Waals surface area contributed by atoms with Crippen LogP contribution in [0.5, 0.6) is 0 Å². The van der Waals surface area contributed by atoms with Gasteiger partial charge in [-0.15, -0.1) is 0 Å². The van der Waals surface area contributed by atoms with Gasteiger partial charge in [0.1, 0.15) is 6.29 Å². The summed E-state index contributed by atoms with van der Waals surface area (Å²) >= 11 is 0. The number of esters is 1. The van der Waals surface area contributed by atoms with Crippen LogP contribution in [0.15, 0.2) is 29.1 Å². The van der Waals surface area contributed by atoms with E-state index in [4.69, 9.17) is 4.74 Å². The number of aldehydes is 1. The van der Waals surface area contributed by atoms with Crippen molar-refractivity contribution in [3.05, 3.63) is 45.7 Å². The molecule has 2 aromatic rings. The lowest BCUT2D eigenvalue weighted by Gasteiger charge is -2.11. The molecule has 116 valence electrons. The predicted molar refractivity (Wildman–Crippen MR) is 84.2 cm³/mol. The molecule has 0 unspecified atom stereocenters. The Morgan fingerprint density at radius 3 is 2.77 bits per heavy atom. The second-order valence-electron chi connectivity index (χ2n) is 5.16. The second-order valence-corrected chi connectivity index (χ2v) is 5.16. The fourth-order valence-corrected chi connectivity index (χ4v) is 2.33. The molecule has 0 radical (unpaired) electrons. The molecule has 22 heavy (non-hydrogen) atoms. The number of nitrogens with zero attached hydrogens (tertiary/aromatic N) is 1. The third-order valence-corrected chi connectivity index (χ3v) is 3.54. The average molecular weight is 301 g/mol. The molecule has 0 aliphatic carbocycles. The molecule has 0 saturated heterocycles. The lowest BCUT2D eigenvalue weighted by atomic mass is 10.1. The first-order valence-electron chi connectivity index (χ1n) is 7.33. The number of aromatic nitrogens is 1. The molecule has 0 amide bonds. The summed E-state index contributed by atoms with van der Waals surface area (Å²) in [6, 6.07) is 6.56. The van der Waals surface area contributed by atoms with Gasteiger partial charge in [-0.2, -0.15) is 0 Å². The van der Waals surface area contributed by atoms with E-state index in [1.54, 1.807) is 18.2 Å². The zero-order chi connectivity index (χ0) is 16.1. The topological polar surface area (TPSA) is 65.4 Å². The van der Waals surface area contributed by atoms with E-state index in [9.17, 15) is 14.4 Å². The summed E-state index contributed by atoms with van der Waals surface area (Å²) in [6.45, 7) is 4.19. The fourth-order valence-electron chi connectivity index (χ4n) is 2.33. The van der Waals surface area contributed by atoms with Crippen molar-refractivity contribution in [2.24, 2.45) is 0 Å². The van der Waals surface area contributed by atoms with E-state index < -0.39 is 5.97 Å². The van der Waals surface area contributed by atoms with Gasteiger partial charge in [0.25, 0.3) is 5.56 Å². The minimum absolute atomic E-state index is 0.0377. The van der Waals surface area contributed by atoms with Crippen LogP contribution in [-0.2, 0) is 16.1 Å². The Morgan fingerprint density at radius 1 is 1.32 bits per heavy atom. The molecule has 5 heteroatoms. The van der Waals surface area contributed by atoms with Gasteiger partial charge in [-0.05, 0) is 31.0 Å². The Labute approximate surface area is 128 Å². The Balaban J connectivity index is 2.48. The molecule has 0 saturated carbocycles. The summed E-state index contributed by atoms with van der Waals surface area (Å²) in [5.74, 6) is -0.415. The number of rotatable bonds is 6. The highest BCUT2D eigenvalue weighted by Crippen LogP contribution is 2.19. The Bertz CT molecular complexity index is 761. The highest BCUT2D eigenvalue weighted by molar-refractivity contribution is 5.95. The average Bonchev–Trinajstić information content (AvgIpc) is 2.51. The molecule has 0 aliphatic heterocycles. The van der Waals surface area contributed by atoms with Gasteiger partial charge in [-0.1, -0.05) is 19.4 Å². The second kappa shape index (κ2) is 7.02. The van der Waals surface area contributed by atoms with E-state index in [0.29, 0.717) is 24.0 Å². The van der Waals surface area contributed by atoms with Gasteiger partial charge in [0.05, 0.1) is 24.2 Å². The normalized spacial score (nSPS) is 10.6. The number of carbonyl (C=O) groups is 2. The van der Waals surface area contributed by atoms with Crippen LogP contribution < -0.4 is 5.56 Å². The van der Waals surface area contributed by atoms with Crippen molar-refractivity contribution in [2.75, 3.05) is 6.61 Å². The molecular weight excluding hydrogens is 282 g/mol. The first kappa shape index (κ1) is 15.9. The lowest BCUT2D eigenvalue weighted by molar-refractivity contribution is -0.108. The number of unbranched alkanes of at least 4 members (excludes halogenated alkanes) is 1. The molecule has 1 aromatic heterocycles. The molecule has 0 N–H and O–H groups in total. The Hall–Kier alpha value is -2.43. The van der Waals surface area contributed by atoms with Crippen LogP contribution in [-0.4, -0.2) is 23.4 Å². The van der Waals surface area contributed by atoms with Crippen LogP contribution in [0.4, 0.5) is 0 Å². The van der Waals surface area contributed by atoms with Crippen molar-refractivity contribution in [1.29, 1.82) is 0 Å². The molecular formula is C17H19NO4. The standard InChI is InChI=1S/C17H19NO4/c1-3-4-9-22-17(21)13-5-6-14-12(2)10-16(20)18(7-8-19)15(14)11-13/h5-6,8,10-11H,3-4,7,9H2,1-2H3. The fraction of sp³-hybridized carbons (Fsp3) is 0.353. The van der Waals surface area contributed by atoms with E-state index in [1.807, 2.05) is 13.8 Å². The zero-order valence-electron chi connectivity index (χ0n) is 12.8. The molecule has 2 rings (SSSR count). The van der Waals surface area contributed by atoms with E-state index in [0.717, 1.165) is 23.8 Å². The minimum Gasteiger partial charge on any atom is -0.462 e. The minimum atomic E-state index is -0.415. The van der Waals surface area contributed by atoms with Crippen molar-refractivity contribution in [3.63, 3.8) is 0 Å².